The van der Waals surface area contributed by atoms with Crippen LogP contribution in [0.25, 0.3) is 0 Å². The van der Waals surface area contributed by atoms with Gasteiger partial charge in [-0.2, -0.15) is 0 Å². The molecule has 0 amide bonds. The first-order valence-electron chi connectivity index (χ1n) is 8.97. The highest BCUT2D eigenvalue weighted by atomic mass is 16.5. The average Bonchev–Trinajstić information content (AvgIpc) is 2.60. The van der Waals surface area contributed by atoms with E-state index in [1.54, 1.807) is 5.01 Å². The lowest BCUT2D eigenvalue weighted by atomic mass is 10.1. The maximum Gasteiger partial charge on any atom is 0.122 e. The van der Waals surface area contributed by atoms with Gasteiger partial charge in [-0.15, -0.1) is 0 Å². The molecule has 0 heterocycles. The van der Waals surface area contributed by atoms with E-state index in [-0.39, 0.29) is 0 Å². The number of ether oxygens (including phenoxy) is 1. The fourth-order valence-corrected chi connectivity index (χ4v) is 2.81. The summed E-state index contributed by atoms with van der Waals surface area (Å²) >= 11 is 0. The van der Waals surface area contributed by atoms with E-state index in [4.69, 9.17) is 10.6 Å². The van der Waals surface area contributed by atoms with Crippen LogP contribution in [0.1, 0.15) is 30.0 Å². The lowest BCUT2D eigenvalue weighted by molar-refractivity contribution is 0.303. The molecule has 2 rings (SSSR count). The number of benzene rings is 2. The van der Waals surface area contributed by atoms with Gasteiger partial charge in [0, 0.05) is 26.2 Å². The summed E-state index contributed by atoms with van der Waals surface area (Å²) in [5.74, 6) is 6.80. The highest BCUT2D eigenvalue weighted by molar-refractivity contribution is 5.62. The molecule has 0 aromatic heterocycles. The van der Waals surface area contributed by atoms with Crippen molar-refractivity contribution in [3.8, 4) is 5.75 Å². The van der Waals surface area contributed by atoms with E-state index in [9.17, 15) is 0 Å². The average molecular weight is 354 g/mol. The Kier molecular flexibility index (Phi) is 7.04. The highest BCUT2D eigenvalue weighted by Gasteiger charge is 2.09. The van der Waals surface area contributed by atoms with E-state index in [0.29, 0.717) is 6.61 Å². The SMILES string of the molecule is CCCN(C)C=Nc1ccc(OCc2c(C)cccc2N(C)N)c(C)c1. The minimum Gasteiger partial charge on any atom is -0.489 e. The zero-order valence-corrected chi connectivity index (χ0v) is 16.5. The van der Waals surface area contributed by atoms with Crippen molar-refractivity contribution in [2.45, 2.75) is 33.8 Å². The highest BCUT2D eigenvalue weighted by Crippen LogP contribution is 2.27. The van der Waals surface area contributed by atoms with Crippen molar-refractivity contribution in [1.82, 2.24) is 4.90 Å². The Balaban J connectivity index is 2.10. The smallest absolute Gasteiger partial charge is 0.122 e. The Morgan fingerprint density at radius 3 is 2.54 bits per heavy atom. The predicted molar refractivity (Wildman–Crippen MR) is 110 cm³/mol. The van der Waals surface area contributed by atoms with E-state index in [2.05, 4.69) is 29.8 Å². The maximum atomic E-state index is 6.07. The first kappa shape index (κ1) is 19.8. The van der Waals surface area contributed by atoms with Gasteiger partial charge in [0.2, 0.25) is 0 Å². The molecule has 2 N–H and O–H groups in total. The molecule has 2 aromatic carbocycles. The van der Waals surface area contributed by atoms with Crippen LogP contribution in [-0.2, 0) is 6.61 Å². The van der Waals surface area contributed by atoms with Gasteiger partial charge in [-0.3, -0.25) is 0 Å². The third-order valence-electron chi connectivity index (χ3n) is 4.28. The van der Waals surface area contributed by atoms with Crippen LogP contribution in [-0.4, -0.2) is 31.9 Å². The van der Waals surface area contributed by atoms with Crippen LogP contribution in [0.3, 0.4) is 0 Å². The van der Waals surface area contributed by atoms with Gasteiger partial charge < -0.3 is 14.6 Å². The summed E-state index contributed by atoms with van der Waals surface area (Å²) in [6, 6.07) is 12.1. The number of nitrogens with zero attached hydrogens (tertiary/aromatic N) is 3. The summed E-state index contributed by atoms with van der Waals surface area (Å²) in [5, 5.41) is 1.63. The van der Waals surface area contributed by atoms with Crippen molar-refractivity contribution in [1.29, 1.82) is 0 Å². The lowest BCUT2D eigenvalue weighted by Crippen LogP contribution is -2.26. The molecular weight excluding hydrogens is 324 g/mol. The molecule has 0 bridgehead atoms. The summed E-state index contributed by atoms with van der Waals surface area (Å²) in [4.78, 5) is 6.60. The molecule has 0 unspecified atom stereocenters. The minimum atomic E-state index is 0.478. The summed E-state index contributed by atoms with van der Waals surface area (Å²) in [6.07, 6.45) is 2.97. The summed E-state index contributed by atoms with van der Waals surface area (Å²) in [7, 11) is 3.87. The summed E-state index contributed by atoms with van der Waals surface area (Å²) in [6.45, 7) is 7.74. The molecule has 26 heavy (non-hydrogen) atoms. The maximum absolute atomic E-state index is 6.07. The number of hydrazine groups is 1. The first-order chi connectivity index (χ1) is 12.4. The second-order valence-corrected chi connectivity index (χ2v) is 6.65. The lowest BCUT2D eigenvalue weighted by Gasteiger charge is -2.19. The molecule has 2 aromatic rings. The number of hydrogen-bond acceptors (Lipinski definition) is 4. The number of nitrogens with two attached hydrogens (primary N) is 1. The van der Waals surface area contributed by atoms with Crippen LogP contribution >= 0.6 is 0 Å². The van der Waals surface area contributed by atoms with Gasteiger partial charge in [-0.25, -0.2) is 10.8 Å². The Labute approximate surface area is 157 Å². The van der Waals surface area contributed by atoms with E-state index in [0.717, 1.165) is 46.8 Å². The molecule has 0 fully saturated rings. The molecule has 5 heteroatoms. The molecule has 5 nitrogen and oxygen atoms in total. The van der Waals surface area contributed by atoms with Crippen molar-refractivity contribution >= 4 is 17.7 Å². The van der Waals surface area contributed by atoms with Crippen LogP contribution in [0, 0.1) is 13.8 Å². The Bertz CT molecular complexity index is 756. The van der Waals surface area contributed by atoms with Gasteiger partial charge >= 0.3 is 0 Å². The van der Waals surface area contributed by atoms with E-state index < -0.39 is 0 Å². The van der Waals surface area contributed by atoms with Crippen molar-refractivity contribution in [2.75, 3.05) is 25.6 Å². The fraction of sp³-hybridized carbons (Fsp3) is 0.381. The van der Waals surface area contributed by atoms with Gasteiger partial charge in [0.05, 0.1) is 17.7 Å². The van der Waals surface area contributed by atoms with Crippen molar-refractivity contribution in [3.63, 3.8) is 0 Å². The summed E-state index contributed by atoms with van der Waals surface area (Å²) < 4.78 is 6.07. The second-order valence-electron chi connectivity index (χ2n) is 6.65. The third-order valence-corrected chi connectivity index (χ3v) is 4.28. The largest absolute Gasteiger partial charge is 0.489 e. The predicted octanol–water partition coefficient (Wildman–Crippen LogP) is 4.19. The summed E-state index contributed by atoms with van der Waals surface area (Å²) in [5.41, 5.74) is 5.23. The molecule has 0 aliphatic rings. The number of aryl methyl sites for hydroxylation is 2. The zero-order valence-electron chi connectivity index (χ0n) is 16.5. The minimum absolute atomic E-state index is 0.478. The Morgan fingerprint density at radius 1 is 1.12 bits per heavy atom. The van der Waals surface area contributed by atoms with Gasteiger partial charge in [0.15, 0.2) is 0 Å². The van der Waals surface area contributed by atoms with Crippen LogP contribution in [0.2, 0.25) is 0 Å². The quantitative estimate of drug-likeness (QED) is 0.334. The normalized spacial score (nSPS) is 11.0. The monoisotopic (exact) mass is 354 g/mol. The Hall–Kier alpha value is -2.53. The van der Waals surface area contributed by atoms with Gasteiger partial charge in [-0.1, -0.05) is 19.1 Å². The number of hydrogen-bond donors (Lipinski definition) is 1. The van der Waals surface area contributed by atoms with Crippen molar-refractivity contribution < 1.29 is 4.74 Å². The second kappa shape index (κ2) is 9.25. The molecule has 0 atom stereocenters. The van der Waals surface area contributed by atoms with Gasteiger partial charge in [0.25, 0.3) is 0 Å². The van der Waals surface area contributed by atoms with Gasteiger partial charge in [-0.05, 0) is 55.7 Å². The standard InChI is InChI=1S/C21H30N4O/c1-6-12-24(4)15-23-18-10-11-21(17(3)13-18)26-14-19-16(2)8-7-9-20(19)25(5)22/h7-11,13,15H,6,12,14,22H2,1-5H3. The molecule has 140 valence electrons. The van der Waals surface area contributed by atoms with Crippen LogP contribution in [0.15, 0.2) is 41.4 Å². The Morgan fingerprint density at radius 2 is 1.88 bits per heavy atom. The van der Waals surface area contributed by atoms with Crippen molar-refractivity contribution in [3.05, 3.63) is 53.1 Å². The van der Waals surface area contributed by atoms with Crippen LogP contribution in [0.4, 0.5) is 11.4 Å². The molecule has 0 aliphatic heterocycles. The molecular formula is C21H30N4O. The number of rotatable bonds is 8. The van der Waals surface area contributed by atoms with Crippen LogP contribution in [0.5, 0.6) is 5.75 Å². The molecule has 0 saturated carbocycles. The molecule has 0 aliphatic carbocycles. The van der Waals surface area contributed by atoms with E-state index >= 15 is 0 Å². The molecule has 0 radical (unpaired) electrons. The zero-order chi connectivity index (χ0) is 19.1. The van der Waals surface area contributed by atoms with E-state index in [1.807, 2.05) is 57.7 Å². The van der Waals surface area contributed by atoms with Crippen molar-refractivity contribution in [2.24, 2.45) is 10.8 Å². The third kappa shape index (κ3) is 5.23. The topological polar surface area (TPSA) is 54.1 Å². The first-order valence-corrected chi connectivity index (χ1v) is 8.97. The molecule has 0 spiro atoms. The van der Waals surface area contributed by atoms with E-state index in [1.165, 1.54) is 0 Å². The van der Waals surface area contributed by atoms with Gasteiger partial charge in [0.1, 0.15) is 12.4 Å². The number of anilines is 1. The molecule has 0 saturated heterocycles. The van der Waals surface area contributed by atoms with Crippen LogP contribution < -0.4 is 15.6 Å². The fourth-order valence-electron chi connectivity index (χ4n) is 2.81. The number of aliphatic imine (C=N–C) groups is 1.